The van der Waals surface area contributed by atoms with E-state index in [0.29, 0.717) is 39.7 Å². The normalized spacial score (nSPS) is 16.3. The van der Waals surface area contributed by atoms with Crippen molar-refractivity contribution >= 4 is 53.9 Å². The number of hydrogen-bond donors (Lipinski definition) is 2. The number of nitrogens with zero attached hydrogens (tertiary/aromatic N) is 5. The average Bonchev–Trinajstić information content (AvgIpc) is 2.75. The van der Waals surface area contributed by atoms with Crippen molar-refractivity contribution in [2.45, 2.75) is 19.3 Å². The summed E-state index contributed by atoms with van der Waals surface area (Å²) in [6.45, 7) is 6.48. The van der Waals surface area contributed by atoms with Gasteiger partial charge in [-0.3, -0.25) is 0 Å². The maximum absolute atomic E-state index is 6.39. The van der Waals surface area contributed by atoms with Gasteiger partial charge in [-0.15, -0.1) is 0 Å². The van der Waals surface area contributed by atoms with Gasteiger partial charge in [0.05, 0.1) is 19.5 Å². The quantitative estimate of drug-likeness (QED) is 0.464. The molecule has 0 unspecified atom stereocenters. The summed E-state index contributed by atoms with van der Waals surface area (Å²) >= 11 is 6.39. The first-order chi connectivity index (χ1) is 16.0. The standard InChI is InChI=1S/C23H27ClN7OP/c1-32-20-17(12-26-22(30-20)31-13-23(14-31)9-6-10-23)28-21-25-11-15(24)19(29-21)27-16-7-4-5-8-18(16)33(2)3/h4-5,7-8,11-12H,6,9-10,13-14H2,1-3H3,(H2,25,27,28,29). The third-order valence-corrected chi connectivity index (χ3v) is 7.94. The third kappa shape index (κ3) is 4.42. The third-order valence-electron chi connectivity index (χ3n) is 6.31. The number of nitrogens with one attached hydrogen (secondary N) is 2. The summed E-state index contributed by atoms with van der Waals surface area (Å²) in [5.41, 5.74) is 2.09. The predicted octanol–water partition coefficient (Wildman–Crippen LogP) is 4.77. The summed E-state index contributed by atoms with van der Waals surface area (Å²) < 4.78 is 5.53. The number of anilines is 5. The zero-order valence-electron chi connectivity index (χ0n) is 19.0. The van der Waals surface area contributed by atoms with E-state index in [0.717, 1.165) is 18.8 Å². The predicted molar refractivity (Wildman–Crippen MR) is 136 cm³/mol. The molecular formula is C23H27ClN7OP. The summed E-state index contributed by atoms with van der Waals surface area (Å²) in [5, 5.41) is 8.21. The molecule has 0 atom stereocenters. The minimum Gasteiger partial charge on any atom is -0.479 e. The SMILES string of the molecule is COc1nc(N2CC3(CCC3)C2)ncc1Nc1ncc(Cl)c(Nc2ccccc2P(C)C)n1. The Kier molecular flexibility index (Phi) is 5.97. The molecule has 3 aromatic rings. The Morgan fingerprint density at radius 2 is 1.82 bits per heavy atom. The van der Waals surface area contributed by atoms with Crippen LogP contribution in [0.15, 0.2) is 36.7 Å². The van der Waals surface area contributed by atoms with Crippen LogP contribution in [-0.2, 0) is 0 Å². The number of benzene rings is 1. The zero-order valence-corrected chi connectivity index (χ0v) is 20.6. The number of hydrogen-bond acceptors (Lipinski definition) is 8. The molecule has 1 saturated heterocycles. The van der Waals surface area contributed by atoms with E-state index in [1.165, 1.54) is 24.6 Å². The van der Waals surface area contributed by atoms with E-state index in [9.17, 15) is 0 Å². The molecule has 0 amide bonds. The fraction of sp³-hybridized carbons (Fsp3) is 0.391. The molecule has 1 saturated carbocycles. The molecule has 2 N–H and O–H groups in total. The van der Waals surface area contributed by atoms with Crippen LogP contribution in [0.1, 0.15) is 19.3 Å². The molecule has 5 rings (SSSR count). The monoisotopic (exact) mass is 483 g/mol. The van der Waals surface area contributed by atoms with Crippen LogP contribution < -0.4 is 25.6 Å². The van der Waals surface area contributed by atoms with E-state index in [1.54, 1.807) is 19.5 Å². The largest absolute Gasteiger partial charge is 0.479 e. The van der Waals surface area contributed by atoms with Crippen molar-refractivity contribution in [3.05, 3.63) is 41.7 Å². The molecule has 0 bridgehead atoms. The molecule has 1 aliphatic heterocycles. The van der Waals surface area contributed by atoms with Crippen LogP contribution in [0.5, 0.6) is 5.88 Å². The number of ether oxygens (including phenoxy) is 1. The second-order valence-corrected chi connectivity index (χ2v) is 11.5. The lowest BCUT2D eigenvalue weighted by molar-refractivity contribution is 0.0887. The lowest BCUT2D eigenvalue weighted by atomic mass is 9.64. The maximum atomic E-state index is 6.39. The highest BCUT2D eigenvalue weighted by atomic mass is 35.5. The van der Waals surface area contributed by atoms with Gasteiger partial charge in [-0.25, -0.2) is 9.97 Å². The molecule has 10 heteroatoms. The van der Waals surface area contributed by atoms with Crippen molar-refractivity contribution < 1.29 is 4.74 Å². The van der Waals surface area contributed by atoms with Crippen molar-refractivity contribution in [2.24, 2.45) is 5.41 Å². The molecule has 1 aromatic carbocycles. The van der Waals surface area contributed by atoms with E-state index in [2.05, 4.69) is 54.9 Å². The molecule has 0 radical (unpaired) electrons. The Hall–Kier alpha value is -2.70. The van der Waals surface area contributed by atoms with Gasteiger partial charge in [0.25, 0.3) is 0 Å². The topological polar surface area (TPSA) is 88.1 Å². The lowest BCUT2D eigenvalue weighted by Crippen LogP contribution is -2.60. The molecular weight excluding hydrogens is 457 g/mol. The number of halogens is 1. The smallest absolute Gasteiger partial charge is 0.242 e. The number of aromatic nitrogens is 4. The molecule has 2 aromatic heterocycles. The number of methoxy groups -OCH3 is 1. The fourth-order valence-corrected chi connectivity index (χ4v) is 5.52. The van der Waals surface area contributed by atoms with Crippen LogP contribution in [0.2, 0.25) is 5.02 Å². The molecule has 1 spiro atoms. The number of rotatable bonds is 7. The van der Waals surface area contributed by atoms with Crippen LogP contribution in [0.25, 0.3) is 0 Å². The van der Waals surface area contributed by atoms with Gasteiger partial charge in [0.2, 0.25) is 17.8 Å². The van der Waals surface area contributed by atoms with Crippen molar-refractivity contribution in [2.75, 3.05) is 49.1 Å². The fourth-order valence-electron chi connectivity index (χ4n) is 4.38. The maximum Gasteiger partial charge on any atom is 0.242 e. The van der Waals surface area contributed by atoms with E-state index in [1.807, 2.05) is 18.2 Å². The lowest BCUT2D eigenvalue weighted by Gasteiger charge is -2.55. The Balaban J connectivity index is 1.34. The van der Waals surface area contributed by atoms with Gasteiger partial charge >= 0.3 is 0 Å². The van der Waals surface area contributed by atoms with Gasteiger partial charge in [-0.1, -0.05) is 44.1 Å². The van der Waals surface area contributed by atoms with E-state index < -0.39 is 0 Å². The Morgan fingerprint density at radius 1 is 1.03 bits per heavy atom. The molecule has 33 heavy (non-hydrogen) atoms. The van der Waals surface area contributed by atoms with E-state index >= 15 is 0 Å². The van der Waals surface area contributed by atoms with E-state index in [-0.39, 0.29) is 7.92 Å². The first-order valence-corrected chi connectivity index (χ1v) is 13.6. The molecule has 1 aliphatic carbocycles. The first kappa shape index (κ1) is 22.1. The highest BCUT2D eigenvalue weighted by molar-refractivity contribution is 7.64. The van der Waals surface area contributed by atoms with Gasteiger partial charge in [0, 0.05) is 24.2 Å². The summed E-state index contributed by atoms with van der Waals surface area (Å²) in [5.74, 6) is 2.06. The van der Waals surface area contributed by atoms with Crippen molar-refractivity contribution in [1.29, 1.82) is 0 Å². The van der Waals surface area contributed by atoms with Gasteiger partial charge in [0.15, 0.2) is 5.82 Å². The molecule has 2 aliphatic rings. The summed E-state index contributed by atoms with van der Waals surface area (Å²) in [7, 11) is 1.31. The van der Waals surface area contributed by atoms with Gasteiger partial charge < -0.3 is 20.3 Å². The summed E-state index contributed by atoms with van der Waals surface area (Å²) in [6, 6.07) is 8.19. The number of para-hydroxylation sites is 1. The Labute approximate surface area is 199 Å². The highest BCUT2D eigenvalue weighted by Gasteiger charge is 2.48. The average molecular weight is 484 g/mol. The first-order valence-electron chi connectivity index (χ1n) is 11.0. The van der Waals surface area contributed by atoms with Crippen molar-refractivity contribution in [1.82, 2.24) is 19.9 Å². The summed E-state index contributed by atoms with van der Waals surface area (Å²) in [6.07, 6.45) is 7.25. The molecule has 8 nitrogen and oxygen atoms in total. The Morgan fingerprint density at radius 3 is 2.52 bits per heavy atom. The van der Waals surface area contributed by atoms with Crippen LogP contribution in [0, 0.1) is 5.41 Å². The van der Waals surface area contributed by atoms with Crippen molar-refractivity contribution in [3.63, 3.8) is 0 Å². The van der Waals surface area contributed by atoms with E-state index in [4.69, 9.17) is 16.3 Å². The Bertz CT molecular complexity index is 1160. The zero-order chi connectivity index (χ0) is 23.0. The minimum atomic E-state index is -0.287. The minimum absolute atomic E-state index is 0.287. The highest BCUT2D eigenvalue weighted by Crippen LogP contribution is 2.49. The molecule has 2 fully saturated rings. The second-order valence-electron chi connectivity index (χ2n) is 8.85. The summed E-state index contributed by atoms with van der Waals surface area (Å²) in [4.78, 5) is 20.3. The van der Waals surface area contributed by atoms with Crippen LogP contribution in [-0.4, -0.2) is 53.5 Å². The van der Waals surface area contributed by atoms with Crippen molar-refractivity contribution in [3.8, 4) is 5.88 Å². The van der Waals surface area contributed by atoms with Gasteiger partial charge in [-0.2, -0.15) is 9.97 Å². The van der Waals surface area contributed by atoms with Gasteiger partial charge in [-0.05, 0) is 37.5 Å². The molecule has 3 heterocycles. The van der Waals surface area contributed by atoms with Crippen LogP contribution in [0.4, 0.5) is 29.1 Å². The second kappa shape index (κ2) is 8.92. The van der Waals surface area contributed by atoms with Crippen LogP contribution >= 0.6 is 19.5 Å². The van der Waals surface area contributed by atoms with Gasteiger partial charge in [0.1, 0.15) is 10.7 Å². The molecule has 172 valence electrons. The van der Waals surface area contributed by atoms with Crippen LogP contribution in [0.3, 0.4) is 0 Å².